The van der Waals surface area contributed by atoms with E-state index in [1.807, 2.05) is 41.5 Å². The van der Waals surface area contributed by atoms with Crippen LogP contribution in [0, 0.1) is 17.2 Å². The van der Waals surface area contributed by atoms with E-state index in [2.05, 4.69) is 38.8 Å². The summed E-state index contributed by atoms with van der Waals surface area (Å²) in [4.78, 5) is 38.4. The molecule has 3 heterocycles. The average molecular weight is 672 g/mol. The second kappa shape index (κ2) is 15.3. The third kappa shape index (κ3) is 8.90. The second-order valence-electron chi connectivity index (χ2n) is 14.9. The molecular weight excluding hydrogens is 617 g/mol. The second-order valence-corrected chi connectivity index (χ2v) is 14.9. The minimum absolute atomic E-state index is 0.0653. The van der Waals surface area contributed by atoms with E-state index >= 15 is 0 Å². The van der Waals surface area contributed by atoms with Gasteiger partial charge in [0.1, 0.15) is 23.5 Å². The summed E-state index contributed by atoms with van der Waals surface area (Å²) in [5, 5.41) is 8.20. The molecule has 2 amide bonds. The fraction of sp³-hybridized carbons (Fsp3) is 0.686. The molecule has 13 heteroatoms. The van der Waals surface area contributed by atoms with Crippen molar-refractivity contribution in [1.82, 2.24) is 29.9 Å². The van der Waals surface area contributed by atoms with Gasteiger partial charge >= 0.3 is 6.09 Å². The minimum Gasteiger partial charge on any atom is -0.444 e. The first kappa shape index (κ1) is 37.2. The van der Waals surface area contributed by atoms with Crippen molar-refractivity contribution in [2.45, 2.75) is 92.0 Å². The summed E-state index contributed by atoms with van der Waals surface area (Å²) in [6.07, 6.45) is 2.67. The number of halogens is 1. The molecule has 266 valence electrons. The van der Waals surface area contributed by atoms with E-state index in [0.29, 0.717) is 24.8 Å². The van der Waals surface area contributed by atoms with Gasteiger partial charge in [-0.2, -0.15) is 0 Å². The van der Waals surface area contributed by atoms with Crippen LogP contribution in [0.15, 0.2) is 24.5 Å². The number of hydrogen-bond acceptors (Lipinski definition) is 10. The molecule has 1 aromatic heterocycles. The quantitative estimate of drug-likeness (QED) is 0.271. The molecule has 2 aliphatic heterocycles. The van der Waals surface area contributed by atoms with Crippen LogP contribution >= 0.6 is 0 Å². The number of nitrogens with zero attached hydrogens (tertiary/aromatic N) is 7. The number of methoxy groups -OCH3 is 1. The lowest BCUT2D eigenvalue weighted by atomic mass is 9.76. The summed E-state index contributed by atoms with van der Waals surface area (Å²) in [5.74, 6) is 0.480. The molecule has 1 spiro atoms. The van der Waals surface area contributed by atoms with Gasteiger partial charge in [-0.25, -0.2) is 14.2 Å². The third-order valence-corrected chi connectivity index (χ3v) is 9.25. The zero-order valence-electron chi connectivity index (χ0n) is 30.3. The van der Waals surface area contributed by atoms with Crippen molar-refractivity contribution in [3.05, 3.63) is 35.9 Å². The maximum Gasteiger partial charge on any atom is 0.410 e. The summed E-state index contributed by atoms with van der Waals surface area (Å²) in [6, 6.07) is 4.14. The van der Waals surface area contributed by atoms with Crippen LogP contribution in [0.4, 0.5) is 15.0 Å². The fourth-order valence-electron chi connectivity index (χ4n) is 6.80. The Labute approximate surface area is 284 Å². The molecule has 0 radical (unpaired) electrons. The van der Waals surface area contributed by atoms with Crippen LogP contribution in [0.3, 0.4) is 0 Å². The highest BCUT2D eigenvalue weighted by atomic mass is 19.1. The van der Waals surface area contributed by atoms with Crippen molar-refractivity contribution in [2.24, 2.45) is 11.3 Å². The Kier molecular flexibility index (Phi) is 11.9. The highest BCUT2D eigenvalue weighted by molar-refractivity contribution is 5.97. The van der Waals surface area contributed by atoms with Gasteiger partial charge in [-0.15, -0.1) is 10.2 Å². The van der Waals surface area contributed by atoms with Crippen molar-refractivity contribution in [1.29, 1.82) is 0 Å². The molecule has 2 fully saturated rings. The Morgan fingerprint density at radius 2 is 1.83 bits per heavy atom. The van der Waals surface area contributed by atoms with Gasteiger partial charge in [0, 0.05) is 70.9 Å². The van der Waals surface area contributed by atoms with Gasteiger partial charge in [-0.05, 0) is 78.5 Å². The van der Waals surface area contributed by atoms with Gasteiger partial charge in [-0.3, -0.25) is 9.69 Å². The van der Waals surface area contributed by atoms with Crippen molar-refractivity contribution in [2.75, 3.05) is 58.3 Å². The number of ether oxygens (including phenoxy) is 3. The summed E-state index contributed by atoms with van der Waals surface area (Å²) in [7, 11) is 3.44. The molecule has 12 nitrogen and oxygen atoms in total. The molecule has 0 aliphatic carbocycles. The lowest BCUT2D eigenvalue weighted by Crippen LogP contribution is -2.62. The maximum atomic E-state index is 14.3. The number of amides is 2. The van der Waals surface area contributed by atoms with Crippen LogP contribution < -0.4 is 9.64 Å². The molecule has 2 saturated heterocycles. The van der Waals surface area contributed by atoms with Crippen LogP contribution in [0.2, 0.25) is 0 Å². The van der Waals surface area contributed by atoms with Gasteiger partial charge in [0.05, 0.1) is 11.7 Å². The highest BCUT2D eigenvalue weighted by Gasteiger charge is 2.50. The summed E-state index contributed by atoms with van der Waals surface area (Å²) >= 11 is 0. The molecule has 0 bridgehead atoms. The molecule has 48 heavy (non-hydrogen) atoms. The van der Waals surface area contributed by atoms with E-state index < -0.39 is 11.4 Å². The molecule has 0 unspecified atom stereocenters. The zero-order chi connectivity index (χ0) is 35.4. The lowest BCUT2D eigenvalue weighted by Gasteiger charge is -2.53. The number of carbonyl (C=O) groups excluding carboxylic acids is 2. The van der Waals surface area contributed by atoms with Crippen LogP contribution in [-0.2, 0) is 9.47 Å². The Morgan fingerprint density at radius 3 is 2.44 bits per heavy atom. The van der Waals surface area contributed by atoms with Crippen LogP contribution in [0.5, 0.6) is 11.6 Å². The topological polar surface area (TPSA) is 113 Å². The lowest BCUT2D eigenvalue weighted by molar-refractivity contribution is -0.0543. The Bertz CT molecular complexity index is 1410. The fourth-order valence-corrected chi connectivity index (χ4v) is 6.80. The number of rotatable bonds is 13. The maximum absolute atomic E-state index is 14.3. The monoisotopic (exact) mass is 671 g/mol. The molecule has 2 aromatic rings. The predicted molar refractivity (Wildman–Crippen MR) is 182 cm³/mol. The number of carbonyl (C=O) groups is 2. The van der Waals surface area contributed by atoms with Gasteiger partial charge in [0.15, 0.2) is 5.82 Å². The van der Waals surface area contributed by atoms with E-state index in [0.717, 1.165) is 39.0 Å². The number of likely N-dealkylation sites (N-methyl/N-ethyl adjacent to an activating group) is 1. The predicted octanol–water partition coefficient (Wildman–Crippen LogP) is 5.48. The van der Waals surface area contributed by atoms with Gasteiger partial charge < -0.3 is 28.9 Å². The van der Waals surface area contributed by atoms with E-state index in [1.165, 1.54) is 24.5 Å². The number of aromatic nitrogens is 3. The molecule has 2 atom stereocenters. The van der Waals surface area contributed by atoms with E-state index in [9.17, 15) is 14.0 Å². The largest absolute Gasteiger partial charge is 0.444 e. The minimum atomic E-state index is -0.558. The normalized spacial score (nSPS) is 17.4. The third-order valence-electron chi connectivity index (χ3n) is 9.25. The van der Waals surface area contributed by atoms with Crippen molar-refractivity contribution < 1.29 is 28.2 Å². The SMILES string of the molecule is CCN(C(=O)c1cc(F)ccc1Oc1nncnc1N1CCC2(C1)CN([C@@H](C[C@@H](CN(C)C(=O)OC(C)(C)C)OC)C(C)C)C2)C(C)C. The first-order chi connectivity index (χ1) is 22.6. The van der Waals surface area contributed by atoms with Gasteiger partial charge in [0.25, 0.3) is 11.8 Å². The smallest absolute Gasteiger partial charge is 0.410 e. The van der Waals surface area contributed by atoms with Gasteiger partial charge in [-0.1, -0.05) is 13.8 Å². The molecular formula is C35H54FN7O5. The van der Waals surface area contributed by atoms with E-state index in [1.54, 1.807) is 24.0 Å². The standard InChI is InChI=1S/C35H54FN7O5/c1-11-43(24(4)5)32(44)27-16-25(36)12-13-29(27)47-31-30(37-22-38-39-31)41-15-14-35(19-41)20-42(21-35)28(23(2)3)17-26(46-10)18-40(9)33(45)48-34(6,7)8/h12-13,16,22-24,26,28H,11,14-15,17-21H2,1-10H3/t26-,28-/m0/s1. The zero-order valence-corrected chi connectivity index (χ0v) is 30.3. The average Bonchev–Trinajstić information content (AvgIpc) is 3.44. The van der Waals surface area contributed by atoms with Crippen LogP contribution in [0.25, 0.3) is 0 Å². The molecule has 1 aromatic carbocycles. The van der Waals surface area contributed by atoms with Crippen molar-refractivity contribution in [3.8, 4) is 11.6 Å². The molecule has 2 aliphatic rings. The van der Waals surface area contributed by atoms with E-state index in [4.69, 9.17) is 14.2 Å². The molecule has 0 N–H and O–H groups in total. The number of hydrogen-bond donors (Lipinski definition) is 0. The van der Waals surface area contributed by atoms with Crippen LogP contribution in [0.1, 0.15) is 78.6 Å². The Balaban J connectivity index is 1.43. The van der Waals surface area contributed by atoms with E-state index in [-0.39, 0.29) is 52.8 Å². The van der Waals surface area contributed by atoms with Gasteiger partial charge in [0.2, 0.25) is 0 Å². The first-order valence-electron chi connectivity index (χ1n) is 17.0. The number of likely N-dealkylation sites (tertiary alicyclic amines) is 1. The highest BCUT2D eigenvalue weighted by Crippen LogP contribution is 2.44. The van der Waals surface area contributed by atoms with Crippen molar-refractivity contribution >= 4 is 17.8 Å². The molecule has 4 rings (SSSR count). The summed E-state index contributed by atoms with van der Waals surface area (Å²) < 4.78 is 31.9. The molecule has 0 saturated carbocycles. The van der Waals surface area contributed by atoms with Crippen molar-refractivity contribution in [3.63, 3.8) is 0 Å². The van der Waals surface area contributed by atoms with Crippen LogP contribution in [-0.4, -0.2) is 119 Å². The number of anilines is 1. The Morgan fingerprint density at radius 1 is 1.12 bits per heavy atom. The summed E-state index contributed by atoms with van der Waals surface area (Å²) in [5.41, 5.74) is -0.348. The first-order valence-corrected chi connectivity index (χ1v) is 17.0. The Hall–Kier alpha value is -3.58. The summed E-state index contributed by atoms with van der Waals surface area (Å²) in [6.45, 7) is 20.1. The number of benzene rings is 1.